The van der Waals surface area contributed by atoms with Crippen molar-refractivity contribution in [1.82, 2.24) is 0 Å². The van der Waals surface area contributed by atoms with Gasteiger partial charge in [-0.15, -0.1) is 0 Å². The number of sulfonamides is 1. The molecule has 0 aromatic heterocycles. The van der Waals surface area contributed by atoms with Gasteiger partial charge >= 0.3 is 0 Å². The van der Waals surface area contributed by atoms with E-state index < -0.39 is 22.5 Å². The van der Waals surface area contributed by atoms with Crippen LogP contribution in [0.25, 0.3) is 0 Å². The molecular formula is C22H21BrN2O4S. The van der Waals surface area contributed by atoms with Crippen molar-refractivity contribution in [2.24, 2.45) is 0 Å². The first-order valence-electron chi connectivity index (χ1n) is 9.09. The van der Waals surface area contributed by atoms with Gasteiger partial charge in [0.25, 0.3) is 10.0 Å². The van der Waals surface area contributed by atoms with E-state index in [0.717, 1.165) is 14.3 Å². The monoisotopic (exact) mass is 488 g/mol. The van der Waals surface area contributed by atoms with Gasteiger partial charge in [0.1, 0.15) is 17.2 Å². The van der Waals surface area contributed by atoms with Crippen LogP contribution >= 0.6 is 15.9 Å². The van der Waals surface area contributed by atoms with Gasteiger partial charge in [-0.2, -0.15) is 0 Å². The number of amides is 1. The third-order valence-corrected chi connectivity index (χ3v) is 6.62. The number of benzene rings is 3. The molecule has 1 amide bonds. The molecule has 0 fully saturated rings. The maximum absolute atomic E-state index is 13.6. The number of hydrogen-bond acceptors (Lipinski definition) is 4. The zero-order chi connectivity index (χ0) is 21.7. The van der Waals surface area contributed by atoms with Crippen LogP contribution in [0.3, 0.4) is 0 Å². The molecule has 0 heterocycles. The molecule has 0 saturated heterocycles. The summed E-state index contributed by atoms with van der Waals surface area (Å²) in [4.78, 5) is 12.7. The zero-order valence-corrected chi connectivity index (χ0v) is 18.9. The minimum atomic E-state index is -4.08. The number of halogens is 1. The van der Waals surface area contributed by atoms with E-state index in [-0.39, 0.29) is 10.6 Å². The largest absolute Gasteiger partial charge is 0.495 e. The molecule has 0 bridgehead atoms. The Morgan fingerprint density at radius 1 is 1.03 bits per heavy atom. The predicted octanol–water partition coefficient (Wildman–Crippen LogP) is 4.60. The lowest BCUT2D eigenvalue weighted by molar-refractivity contribution is -0.114. The molecule has 30 heavy (non-hydrogen) atoms. The quantitative estimate of drug-likeness (QED) is 0.527. The number of para-hydroxylation sites is 1. The van der Waals surface area contributed by atoms with Crippen molar-refractivity contribution in [2.45, 2.75) is 11.8 Å². The van der Waals surface area contributed by atoms with Crippen LogP contribution in [0.15, 0.2) is 82.2 Å². The summed E-state index contributed by atoms with van der Waals surface area (Å²) in [5.41, 5.74) is 1.71. The Morgan fingerprint density at radius 2 is 1.77 bits per heavy atom. The molecule has 0 radical (unpaired) electrons. The summed E-state index contributed by atoms with van der Waals surface area (Å²) in [6, 6.07) is 20.5. The number of carbonyl (C=O) groups excluding carboxylic acids is 1. The van der Waals surface area contributed by atoms with Gasteiger partial charge in [-0.3, -0.25) is 9.10 Å². The first-order chi connectivity index (χ1) is 14.3. The molecule has 0 unspecified atom stereocenters. The number of nitrogens with zero attached hydrogens (tertiary/aromatic N) is 1. The van der Waals surface area contributed by atoms with Crippen molar-refractivity contribution in [2.75, 3.05) is 23.3 Å². The van der Waals surface area contributed by atoms with E-state index in [1.165, 1.54) is 13.2 Å². The Hall–Kier alpha value is -2.84. The molecule has 6 nitrogen and oxygen atoms in total. The van der Waals surface area contributed by atoms with Gasteiger partial charge in [0.05, 0.1) is 12.8 Å². The van der Waals surface area contributed by atoms with E-state index >= 15 is 0 Å². The van der Waals surface area contributed by atoms with Gasteiger partial charge in [0.2, 0.25) is 5.91 Å². The van der Waals surface area contributed by atoms with Crippen LogP contribution in [0.5, 0.6) is 5.75 Å². The van der Waals surface area contributed by atoms with Gasteiger partial charge in [-0.1, -0.05) is 46.3 Å². The molecular weight excluding hydrogens is 468 g/mol. The predicted molar refractivity (Wildman–Crippen MR) is 121 cm³/mol. The Balaban J connectivity index is 1.99. The van der Waals surface area contributed by atoms with E-state index in [2.05, 4.69) is 21.2 Å². The first-order valence-corrected chi connectivity index (χ1v) is 11.3. The van der Waals surface area contributed by atoms with E-state index in [1.54, 1.807) is 67.6 Å². The minimum absolute atomic E-state index is 0.00380. The number of nitrogens with one attached hydrogen (secondary N) is 1. The molecule has 0 spiro atoms. The van der Waals surface area contributed by atoms with Crippen LogP contribution in [0.1, 0.15) is 5.56 Å². The van der Waals surface area contributed by atoms with Crippen molar-refractivity contribution < 1.29 is 17.9 Å². The van der Waals surface area contributed by atoms with E-state index in [0.29, 0.717) is 11.4 Å². The van der Waals surface area contributed by atoms with Gasteiger partial charge in [0.15, 0.2) is 0 Å². The Bertz CT molecular complexity index is 1150. The molecule has 3 rings (SSSR count). The third kappa shape index (κ3) is 5.01. The number of carbonyl (C=O) groups is 1. The summed E-state index contributed by atoms with van der Waals surface area (Å²) in [6.45, 7) is 1.40. The number of ether oxygens (including phenoxy) is 1. The molecule has 0 aliphatic heterocycles. The van der Waals surface area contributed by atoms with Crippen LogP contribution in [0, 0.1) is 6.92 Å². The maximum Gasteiger partial charge on any atom is 0.268 e. The number of anilines is 2. The molecule has 8 heteroatoms. The maximum atomic E-state index is 13.6. The van der Waals surface area contributed by atoms with Crippen LogP contribution in [0.2, 0.25) is 0 Å². The van der Waals surface area contributed by atoms with Crippen LogP contribution in [-0.4, -0.2) is 28.0 Å². The summed E-state index contributed by atoms with van der Waals surface area (Å²) >= 11 is 3.35. The molecule has 0 aliphatic rings. The average molecular weight is 489 g/mol. The van der Waals surface area contributed by atoms with Crippen molar-refractivity contribution in [1.29, 1.82) is 0 Å². The van der Waals surface area contributed by atoms with Crippen molar-refractivity contribution in [3.05, 3.63) is 82.8 Å². The molecule has 0 atom stereocenters. The number of methoxy groups -OCH3 is 1. The standard InChI is InChI=1S/C22H21BrN2O4S/c1-16-11-12-20(29-2)21(13-16)30(27,28)25(19-9-4-3-5-10-19)15-22(26)24-18-8-6-7-17(23)14-18/h3-14H,15H2,1-2H3,(H,24,26). The van der Waals surface area contributed by atoms with Gasteiger partial charge in [-0.05, 0) is 55.0 Å². The van der Waals surface area contributed by atoms with E-state index in [4.69, 9.17) is 4.74 Å². The summed E-state index contributed by atoms with van der Waals surface area (Å²) in [5, 5.41) is 2.74. The van der Waals surface area contributed by atoms with Crippen LogP contribution in [-0.2, 0) is 14.8 Å². The summed E-state index contributed by atoms with van der Waals surface area (Å²) in [7, 11) is -2.66. The summed E-state index contributed by atoms with van der Waals surface area (Å²) < 4.78 is 34.3. The van der Waals surface area contributed by atoms with Crippen LogP contribution in [0.4, 0.5) is 11.4 Å². The van der Waals surface area contributed by atoms with Crippen molar-refractivity contribution in [3.63, 3.8) is 0 Å². The average Bonchev–Trinajstić information content (AvgIpc) is 2.72. The molecule has 156 valence electrons. The first kappa shape index (κ1) is 21.9. The lowest BCUT2D eigenvalue weighted by Crippen LogP contribution is -2.38. The fourth-order valence-electron chi connectivity index (χ4n) is 2.91. The molecule has 3 aromatic rings. The zero-order valence-electron chi connectivity index (χ0n) is 16.5. The van der Waals surface area contributed by atoms with Crippen molar-refractivity contribution in [3.8, 4) is 5.75 Å². The Morgan fingerprint density at radius 3 is 2.43 bits per heavy atom. The molecule has 0 aliphatic carbocycles. The van der Waals surface area contributed by atoms with E-state index in [9.17, 15) is 13.2 Å². The highest BCUT2D eigenvalue weighted by Gasteiger charge is 2.30. The second-order valence-corrected chi connectivity index (χ2v) is 9.31. The van der Waals surface area contributed by atoms with Gasteiger partial charge in [-0.25, -0.2) is 8.42 Å². The highest BCUT2D eigenvalue weighted by molar-refractivity contribution is 9.10. The number of rotatable bonds is 7. The summed E-state index contributed by atoms with van der Waals surface area (Å²) in [5.74, 6) is -0.249. The van der Waals surface area contributed by atoms with Crippen LogP contribution < -0.4 is 14.4 Å². The Kier molecular flexibility index (Phi) is 6.79. The second-order valence-electron chi connectivity index (χ2n) is 6.56. The third-order valence-electron chi connectivity index (χ3n) is 4.33. The van der Waals surface area contributed by atoms with Crippen molar-refractivity contribution >= 4 is 43.2 Å². The SMILES string of the molecule is COc1ccc(C)cc1S(=O)(=O)N(CC(=O)Nc1cccc(Br)c1)c1ccccc1. The highest BCUT2D eigenvalue weighted by Crippen LogP contribution is 2.30. The lowest BCUT2D eigenvalue weighted by atomic mass is 10.2. The molecule has 3 aromatic carbocycles. The molecule has 0 saturated carbocycles. The molecule has 1 N–H and O–H groups in total. The lowest BCUT2D eigenvalue weighted by Gasteiger charge is -2.25. The fourth-order valence-corrected chi connectivity index (χ4v) is 4.97. The van der Waals surface area contributed by atoms with Gasteiger partial charge in [0, 0.05) is 10.2 Å². The van der Waals surface area contributed by atoms with E-state index in [1.807, 2.05) is 6.07 Å². The minimum Gasteiger partial charge on any atom is -0.495 e. The fraction of sp³-hybridized carbons (Fsp3) is 0.136. The topological polar surface area (TPSA) is 75.7 Å². The summed E-state index contributed by atoms with van der Waals surface area (Å²) in [6.07, 6.45) is 0. The normalized spacial score (nSPS) is 11.0. The van der Waals surface area contributed by atoms with Gasteiger partial charge < -0.3 is 10.1 Å². The second kappa shape index (κ2) is 9.32. The number of aryl methyl sites for hydroxylation is 1. The highest BCUT2D eigenvalue weighted by atomic mass is 79.9. The smallest absolute Gasteiger partial charge is 0.268 e. The number of hydrogen-bond donors (Lipinski definition) is 1. The Labute approximate surface area is 184 Å².